The van der Waals surface area contributed by atoms with E-state index in [1.165, 1.54) is 0 Å². The average Bonchev–Trinajstić information content (AvgIpc) is 2.62. The van der Waals surface area contributed by atoms with Crippen LogP contribution in [0.15, 0.2) is 29.3 Å². The van der Waals surface area contributed by atoms with Crippen molar-refractivity contribution < 1.29 is 8.42 Å². The Balaban J connectivity index is 1.73. The van der Waals surface area contributed by atoms with Gasteiger partial charge in [0.15, 0.2) is 5.96 Å². The number of hydrogen-bond acceptors (Lipinski definition) is 4. The molecular formula is C16H26ClN5O2S. The van der Waals surface area contributed by atoms with Crippen LogP contribution >= 0.6 is 11.6 Å². The molecule has 0 saturated carbocycles. The van der Waals surface area contributed by atoms with Crippen molar-refractivity contribution in [3.8, 4) is 0 Å². The van der Waals surface area contributed by atoms with Crippen LogP contribution in [0.2, 0.25) is 5.02 Å². The second-order valence-electron chi connectivity index (χ2n) is 5.84. The highest BCUT2D eigenvalue weighted by atomic mass is 35.5. The second-order valence-corrected chi connectivity index (χ2v) is 8.37. The summed E-state index contributed by atoms with van der Waals surface area (Å²) < 4.78 is 25.2. The Hall–Kier alpha value is -1.51. The molecule has 140 valence electrons. The number of nitrogens with one attached hydrogen (secondary N) is 1. The molecule has 0 aromatic heterocycles. The minimum absolute atomic E-state index is 0.0936. The number of benzene rings is 1. The van der Waals surface area contributed by atoms with E-state index < -0.39 is 10.0 Å². The highest BCUT2D eigenvalue weighted by Gasteiger charge is 2.18. The van der Waals surface area contributed by atoms with Crippen LogP contribution in [0.4, 0.5) is 5.69 Å². The monoisotopic (exact) mass is 387 g/mol. The molecule has 9 heteroatoms. The zero-order valence-electron chi connectivity index (χ0n) is 14.5. The van der Waals surface area contributed by atoms with Gasteiger partial charge in [-0.3, -0.25) is 4.99 Å². The molecular weight excluding hydrogens is 362 g/mol. The first kappa shape index (κ1) is 19.8. The number of rotatable bonds is 7. The van der Waals surface area contributed by atoms with Crippen molar-refractivity contribution in [1.82, 2.24) is 9.62 Å². The highest BCUT2D eigenvalue weighted by molar-refractivity contribution is 7.89. The maximum Gasteiger partial charge on any atom is 0.211 e. The predicted octanol–water partition coefficient (Wildman–Crippen LogP) is 1.11. The van der Waals surface area contributed by atoms with E-state index in [-0.39, 0.29) is 5.75 Å². The molecule has 0 aliphatic carbocycles. The van der Waals surface area contributed by atoms with Crippen molar-refractivity contribution in [3.63, 3.8) is 0 Å². The molecule has 25 heavy (non-hydrogen) atoms. The molecule has 1 aliphatic heterocycles. The maximum absolute atomic E-state index is 11.3. The van der Waals surface area contributed by atoms with Crippen molar-refractivity contribution in [1.29, 1.82) is 0 Å². The van der Waals surface area contributed by atoms with Gasteiger partial charge in [-0.1, -0.05) is 11.6 Å². The molecule has 0 amide bonds. The normalized spacial score (nSPS) is 16.3. The van der Waals surface area contributed by atoms with Crippen molar-refractivity contribution in [3.05, 3.63) is 29.3 Å². The molecule has 7 nitrogen and oxygen atoms in total. The number of piperazine rings is 1. The number of sulfonamides is 1. The van der Waals surface area contributed by atoms with E-state index in [0.29, 0.717) is 25.5 Å². The van der Waals surface area contributed by atoms with Gasteiger partial charge >= 0.3 is 0 Å². The molecule has 1 fully saturated rings. The van der Waals surface area contributed by atoms with Crippen LogP contribution in [0, 0.1) is 0 Å². The summed E-state index contributed by atoms with van der Waals surface area (Å²) in [5, 5.41) is 0.736. The topological polar surface area (TPSA) is 91.0 Å². The number of nitrogens with two attached hydrogens (primary N) is 1. The lowest BCUT2D eigenvalue weighted by molar-refractivity contribution is 0.380. The van der Waals surface area contributed by atoms with E-state index >= 15 is 0 Å². The molecule has 1 aromatic rings. The first-order valence-electron chi connectivity index (χ1n) is 8.44. The van der Waals surface area contributed by atoms with E-state index in [9.17, 15) is 8.42 Å². The quantitative estimate of drug-likeness (QED) is 0.415. The Labute approximate surface area is 154 Å². The summed E-state index contributed by atoms with van der Waals surface area (Å²) in [7, 11) is -3.13. The van der Waals surface area contributed by atoms with E-state index in [4.69, 9.17) is 17.3 Å². The number of halogens is 1. The van der Waals surface area contributed by atoms with Crippen molar-refractivity contribution >= 4 is 33.3 Å². The van der Waals surface area contributed by atoms with Gasteiger partial charge in [0.2, 0.25) is 10.0 Å². The number of nitrogens with zero attached hydrogens (tertiary/aromatic N) is 3. The van der Waals surface area contributed by atoms with Gasteiger partial charge in [0.05, 0.1) is 5.75 Å². The fraction of sp³-hybridized carbons (Fsp3) is 0.562. The van der Waals surface area contributed by atoms with Crippen LogP contribution in [0.25, 0.3) is 0 Å². The van der Waals surface area contributed by atoms with Crippen LogP contribution in [0.5, 0.6) is 0 Å². The third-order valence-electron chi connectivity index (χ3n) is 4.11. The summed E-state index contributed by atoms with van der Waals surface area (Å²) in [5.74, 6) is 0.616. The Morgan fingerprint density at radius 3 is 2.48 bits per heavy atom. The molecule has 0 radical (unpaired) electrons. The van der Waals surface area contributed by atoms with Crippen LogP contribution in [-0.2, 0) is 10.0 Å². The lowest BCUT2D eigenvalue weighted by Crippen LogP contribution is -2.51. The summed E-state index contributed by atoms with van der Waals surface area (Å²) in [5.41, 5.74) is 7.20. The Morgan fingerprint density at radius 2 is 1.88 bits per heavy atom. The molecule has 1 aliphatic rings. The van der Waals surface area contributed by atoms with E-state index in [2.05, 4.69) is 19.5 Å². The van der Waals surface area contributed by atoms with Gasteiger partial charge in [0.25, 0.3) is 0 Å². The van der Waals surface area contributed by atoms with E-state index in [1.807, 2.05) is 24.3 Å². The van der Waals surface area contributed by atoms with Gasteiger partial charge in [-0.2, -0.15) is 0 Å². The fourth-order valence-corrected chi connectivity index (χ4v) is 3.33. The Bertz CT molecular complexity index is 670. The van der Waals surface area contributed by atoms with Gasteiger partial charge in [-0.05, 0) is 37.6 Å². The SMILES string of the molecule is CCS(=O)(=O)NCCCN=C(N)N1CCN(c2ccc(Cl)cc2)CC1. The molecule has 0 spiro atoms. The minimum Gasteiger partial charge on any atom is -0.370 e. The average molecular weight is 388 g/mol. The maximum atomic E-state index is 11.3. The third-order valence-corrected chi connectivity index (χ3v) is 5.76. The fourth-order valence-electron chi connectivity index (χ4n) is 2.55. The highest BCUT2D eigenvalue weighted by Crippen LogP contribution is 2.19. The smallest absolute Gasteiger partial charge is 0.211 e. The molecule has 0 bridgehead atoms. The molecule has 3 N–H and O–H groups in total. The predicted molar refractivity (Wildman–Crippen MR) is 104 cm³/mol. The summed E-state index contributed by atoms with van der Waals surface area (Å²) in [6, 6.07) is 7.83. The lowest BCUT2D eigenvalue weighted by Gasteiger charge is -2.36. The molecule has 0 atom stereocenters. The second kappa shape index (κ2) is 9.26. The number of aliphatic imine (C=N–C) groups is 1. The first-order chi connectivity index (χ1) is 11.9. The molecule has 1 heterocycles. The van der Waals surface area contributed by atoms with Gasteiger partial charge in [0.1, 0.15) is 0 Å². The van der Waals surface area contributed by atoms with Gasteiger partial charge in [0, 0.05) is 50.0 Å². The summed E-state index contributed by atoms with van der Waals surface area (Å²) in [6.45, 7) is 5.86. The molecule has 0 unspecified atom stereocenters. The van der Waals surface area contributed by atoms with E-state index in [0.717, 1.165) is 36.9 Å². The van der Waals surface area contributed by atoms with Crippen LogP contribution < -0.4 is 15.4 Å². The van der Waals surface area contributed by atoms with Crippen LogP contribution in [0.3, 0.4) is 0 Å². The van der Waals surface area contributed by atoms with Crippen LogP contribution in [0.1, 0.15) is 13.3 Å². The molecule has 1 aromatic carbocycles. The van der Waals surface area contributed by atoms with Crippen molar-refractivity contribution in [2.24, 2.45) is 10.7 Å². The van der Waals surface area contributed by atoms with Crippen molar-refractivity contribution in [2.45, 2.75) is 13.3 Å². The van der Waals surface area contributed by atoms with Gasteiger partial charge in [-0.15, -0.1) is 0 Å². The summed E-state index contributed by atoms with van der Waals surface area (Å²) in [6.07, 6.45) is 0.630. The molecule has 2 rings (SSSR count). The first-order valence-corrected chi connectivity index (χ1v) is 10.5. The van der Waals surface area contributed by atoms with Crippen molar-refractivity contribution in [2.75, 3.05) is 49.9 Å². The summed E-state index contributed by atoms with van der Waals surface area (Å²) >= 11 is 5.92. The number of anilines is 1. The minimum atomic E-state index is -3.13. The standard InChI is InChI=1S/C16H26ClN5O2S/c1-2-25(23,24)20-9-3-8-19-16(18)22-12-10-21(11-13-22)15-6-4-14(17)5-7-15/h4-7,20H,2-3,8-13H2,1H3,(H2,18,19). The zero-order chi connectivity index (χ0) is 18.3. The Kier molecular flexibility index (Phi) is 7.34. The largest absolute Gasteiger partial charge is 0.370 e. The van der Waals surface area contributed by atoms with Gasteiger partial charge in [-0.25, -0.2) is 13.1 Å². The lowest BCUT2D eigenvalue weighted by atomic mass is 10.2. The zero-order valence-corrected chi connectivity index (χ0v) is 16.1. The van der Waals surface area contributed by atoms with Crippen LogP contribution in [-0.4, -0.2) is 64.3 Å². The summed E-state index contributed by atoms with van der Waals surface area (Å²) in [4.78, 5) is 8.70. The Morgan fingerprint density at radius 1 is 1.24 bits per heavy atom. The number of hydrogen-bond donors (Lipinski definition) is 2. The molecule has 1 saturated heterocycles. The third kappa shape index (κ3) is 6.37. The number of guanidine groups is 1. The van der Waals surface area contributed by atoms with Gasteiger partial charge < -0.3 is 15.5 Å². The van der Waals surface area contributed by atoms with E-state index in [1.54, 1.807) is 6.92 Å².